The molecule has 4 nitrogen and oxygen atoms in total. The number of ether oxygens (including phenoxy) is 1. The zero-order chi connectivity index (χ0) is 11.5. The van der Waals surface area contributed by atoms with Crippen molar-refractivity contribution in [1.29, 1.82) is 0 Å². The van der Waals surface area contributed by atoms with Crippen molar-refractivity contribution in [3.63, 3.8) is 0 Å². The van der Waals surface area contributed by atoms with Crippen molar-refractivity contribution in [3.8, 4) is 0 Å². The number of aliphatic carboxylic acids is 1. The van der Waals surface area contributed by atoms with Gasteiger partial charge < -0.3 is 14.9 Å². The molecule has 1 aliphatic heterocycles. The zero-order valence-corrected chi connectivity index (χ0v) is 9.45. The Morgan fingerprint density at radius 3 is 2.33 bits per heavy atom. The summed E-state index contributed by atoms with van der Waals surface area (Å²) in [5.74, 6) is -0.755. The summed E-state index contributed by atoms with van der Waals surface area (Å²) in [5, 5.41) is 18.9. The molecule has 0 aliphatic carbocycles. The van der Waals surface area contributed by atoms with E-state index in [4.69, 9.17) is 4.74 Å². The van der Waals surface area contributed by atoms with Crippen molar-refractivity contribution in [1.82, 2.24) is 0 Å². The van der Waals surface area contributed by atoms with Crippen molar-refractivity contribution in [2.24, 2.45) is 5.41 Å². The molecule has 0 aromatic heterocycles. The van der Waals surface area contributed by atoms with E-state index in [1.165, 1.54) is 0 Å². The average Bonchev–Trinajstić information content (AvgIpc) is 2.15. The molecule has 1 heterocycles. The Kier molecular flexibility index (Phi) is 3.73. The molecule has 0 spiro atoms. The van der Waals surface area contributed by atoms with Crippen LogP contribution in [-0.4, -0.2) is 35.0 Å². The van der Waals surface area contributed by atoms with Gasteiger partial charge in [0.05, 0.1) is 11.0 Å². The summed E-state index contributed by atoms with van der Waals surface area (Å²) in [5.41, 5.74) is -1.47. The predicted molar refractivity (Wildman–Crippen MR) is 55.7 cm³/mol. The topological polar surface area (TPSA) is 66.8 Å². The van der Waals surface area contributed by atoms with E-state index in [2.05, 4.69) is 0 Å². The number of rotatable bonds is 4. The number of hydrogen-bond acceptors (Lipinski definition) is 3. The SMILES string of the molecule is CC(C)(O)CCC1(C(=O)O)CCOCC1. The van der Waals surface area contributed by atoms with Crippen LogP contribution in [0.25, 0.3) is 0 Å². The Balaban J connectivity index is 2.61. The molecule has 0 radical (unpaired) electrons. The first-order valence-electron chi connectivity index (χ1n) is 5.39. The largest absolute Gasteiger partial charge is 0.481 e. The van der Waals surface area contributed by atoms with Gasteiger partial charge in [-0.25, -0.2) is 0 Å². The molecule has 0 amide bonds. The summed E-state index contributed by atoms with van der Waals surface area (Å²) in [7, 11) is 0. The first-order valence-corrected chi connectivity index (χ1v) is 5.39. The monoisotopic (exact) mass is 216 g/mol. The second kappa shape index (κ2) is 4.49. The van der Waals surface area contributed by atoms with Crippen LogP contribution in [-0.2, 0) is 9.53 Å². The van der Waals surface area contributed by atoms with Crippen LogP contribution >= 0.6 is 0 Å². The van der Waals surface area contributed by atoms with E-state index in [1.54, 1.807) is 13.8 Å². The molecular weight excluding hydrogens is 196 g/mol. The smallest absolute Gasteiger partial charge is 0.309 e. The van der Waals surface area contributed by atoms with Gasteiger partial charge in [-0.3, -0.25) is 4.79 Å². The zero-order valence-electron chi connectivity index (χ0n) is 9.45. The summed E-state index contributed by atoms with van der Waals surface area (Å²) in [6, 6.07) is 0. The molecule has 0 bridgehead atoms. The van der Waals surface area contributed by atoms with E-state index in [0.29, 0.717) is 38.9 Å². The number of hydrogen-bond donors (Lipinski definition) is 2. The highest BCUT2D eigenvalue weighted by atomic mass is 16.5. The maximum absolute atomic E-state index is 11.3. The second-order valence-electron chi connectivity index (χ2n) is 5.01. The maximum atomic E-state index is 11.3. The van der Waals surface area contributed by atoms with Crippen LogP contribution in [0.3, 0.4) is 0 Å². The average molecular weight is 216 g/mol. The highest BCUT2D eigenvalue weighted by Crippen LogP contribution is 2.37. The Morgan fingerprint density at radius 2 is 1.93 bits per heavy atom. The van der Waals surface area contributed by atoms with Gasteiger partial charge in [-0.2, -0.15) is 0 Å². The minimum absolute atomic E-state index is 0.512. The van der Waals surface area contributed by atoms with E-state index in [9.17, 15) is 15.0 Å². The summed E-state index contributed by atoms with van der Waals surface area (Å²) in [4.78, 5) is 11.3. The van der Waals surface area contributed by atoms with Crippen molar-refractivity contribution < 1.29 is 19.7 Å². The van der Waals surface area contributed by atoms with E-state index < -0.39 is 17.0 Å². The van der Waals surface area contributed by atoms with Gasteiger partial charge in [-0.1, -0.05) is 0 Å². The third-order valence-corrected chi connectivity index (χ3v) is 3.12. The Labute approximate surface area is 90.2 Å². The normalized spacial score (nSPS) is 21.3. The fraction of sp³-hybridized carbons (Fsp3) is 0.909. The van der Waals surface area contributed by atoms with Crippen molar-refractivity contribution >= 4 is 5.97 Å². The molecule has 4 heteroatoms. The second-order valence-corrected chi connectivity index (χ2v) is 5.01. The third kappa shape index (κ3) is 3.47. The fourth-order valence-electron chi connectivity index (χ4n) is 1.88. The standard InChI is InChI=1S/C11H20O4/c1-10(2,14)3-4-11(9(12)13)5-7-15-8-6-11/h14H,3-8H2,1-2H3,(H,12,13). The van der Waals surface area contributed by atoms with Crippen molar-refractivity contribution in [3.05, 3.63) is 0 Å². The fourth-order valence-corrected chi connectivity index (χ4v) is 1.88. The van der Waals surface area contributed by atoms with Crippen molar-refractivity contribution in [2.45, 2.75) is 45.1 Å². The molecule has 88 valence electrons. The molecule has 0 atom stereocenters. The molecule has 15 heavy (non-hydrogen) atoms. The van der Waals surface area contributed by atoms with Gasteiger partial charge in [0, 0.05) is 13.2 Å². The van der Waals surface area contributed by atoms with Crippen LogP contribution < -0.4 is 0 Å². The number of carboxylic acid groups (broad SMARTS) is 1. The molecule has 1 aliphatic rings. The molecule has 1 fully saturated rings. The molecule has 0 aromatic carbocycles. The number of carbonyl (C=O) groups is 1. The van der Waals surface area contributed by atoms with E-state index >= 15 is 0 Å². The van der Waals surface area contributed by atoms with Gasteiger partial charge in [-0.05, 0) is 39.5 Å². The lowest BCUT2D eigenvalue weighted by molar-refractivity contribution is -0.156. The van der Waals surface area contributed by atoms with E-state index in [1.807, 2.05) is 0 Å². The van der Waals surface area contributed by atoms with Gasteiger partial charge in [0.2, 0.25) is 0 Å². The first-order chi connectivity index (χ1) is 6.86. The van der Waals surface area contributed by atoms with Crippen LogP contribution in [0.4, 0.5) is 0 Å². The van der Waals surface area contributed by atoms with Crippen LogP contribution in [0.2, 0.25) is 0 Å². The minimum atomic E-state index is -0.791. The van der Waals surface area contributed by atoms with Gasteiger partial charge >= 0.3 is 5.97 Å². The molecule has 0 aromatic rings. The van der Waals surface area contributed by atoms with Gasteiger partial charge in [0.25, 0.3) is 0 Å². The van der Waals surface area contributed by atoms with Gasteiger partial charge in [0.15, 0.2) is 0 Å². The molecule has 0 unspecified atom stereocenters. The Morgan fingerprint density at radius 1 is 1.40 bits per heavy atom. The van der Waals surface area contributed by atoms with Crippen LogP contribution in [0.1, 0.15) is 39.5 Å². The molecule has 1 rings (SSSR count). The molecule has 2 N–H and O–H groups in total. The highest BCUT2D eigenvalue weighted by molar-refractivity contribution is 5.74. The van der Waals surface area contributed by atoms with Crippen LogP contribution in [0, 0.1) is 5.41 Å². The Hall–Kier alpha value is -0.610. The van der Waals surface area contributed by atoms with Gasteiger partial charge in [-0.15, -0.1) is 0 Å². The Bertz CT molecular complexity index is 223. The lowest BCUT2D eigenvalue weighted by Gasteiger charge is -2.34. The van der Waals surface area contributed by atoms with Crippen molar-refractivity contribution in [2.75, 3.05) is 13.2 Å². The number of carboxylic acids is 1. The number of aliphatic hydroxyl groups is 1. The van der Waals surface area contributed by atoms with Gasteiger partial charge in [0.1, 0.15) is 0 Å². The van der Waals surface area contributed by atoms with E-state index in [0.717, 1.165) is 0 Å². The maximum Gasteiger partial charge on any atom is 0.309 e. The predicted octanol–water partition coefficient (Wildman–Crippen LogP) is 1.42. The summed E-state index contributed by atoms with van der Waals surface area (Å²) >= 11 is 0. The molecular formula is C11H20O4. The minimum Gasteiger partial charge on any atom is -0.481 e. The summed E-state index contributed by atoms with van der Waals surface area (Å²) in [6.45, 7) is 4.44. The molecule has 0 saturated carbocycles. The van der Waals surface area contributed by atoms with Crippen LogP contribution in [0.15, 0.2) is 0 Å². The lowest BCUT2D eigenvalue weighted by Crippen LogP contribution is -2.38. The quantitative estimate of drug-likeness (QED) is 0.745. The summed E-state index contributed by atoms with van der Waals surface area (Å²) in [6.07, 6.45) is 2.14. The highest BCUT2D eigenvalue weighted by Gasteiger charge is 2.40. The van der Waals surface area contributed by atoms with E-state index in [-0.39, 0.29) is 0 Å². The van der Waals surface area contributed by atoms with Crippen LogP contribution in [0.5, 0.6) is 0 Å². The lowest BCUT2D eigenvalue weighted by atomic mass is 9.75. The third-order valence-electron chi connectivity index (χ3n) is 3.12. The summed E-state index contributed by atoms with van der Waals surface area (Å²) < 4.78 is 5.18. The molecule has 1 saturated heterocycles. The first kappa shape index (κ1) is 12.5.